The molecular weight excluding hydrogens is 192 g/mol. The Labute approximate surface area is 92.5 Å². The first-order valence-corrected chi connectivity index (χ1v) is 5.16. The van der Waals surface area contributed by atoms with Crippen molar-refractivity contribution in [2.75, 3.05) is 13.7 Å². The zero-order valence-electron chi connectivity index (χ0n) is 10.4. The van der Waals surface area contributed by atoms with E-state index >= 15 is 0 Å². The van der Waals surface area contributed by atoms with E-state index in [1.54, 1.807) is 21.0 Å². The normalized spacial score (nSPS) is 13.7. The van der Waals surface area contributed by atoms with Gasteiger partial charge in [0.05, 0.1) is 12.2 Å². The van der Waals surface area contributed by atoms with E-state index in [1.165, 1.54) is 0 Å². The highest BCUT2D eigenvalue weighted by Crippen LogP contribution is 2.13. The molecule has 0 saturated heterocycles. The number of carbonyl (C=O) groups is 1. The van der Waals surface area contributed by atoms with Crippen molar-refractivity contribution in [2.24, 2.45) is 0 Å². The zero-order valence-corrected chi connectivity index (χ0v) is 10.4. The van der Waals surface area contributed by atoms with E-state index < -0.39 is 6.10 Å². The Morgan fingerprint density at radius 3 is 2.40 bits per heavy atom. The second kappa shape index (κ2) is 6.03. The fourth-order valence-electron chi connectivity index (χ4n) is 1.01. The SMILES string of the molecule is C=C(C)C(=O)C(C)OCCC(C)(C)OC. The van der Waals surface area contributed by atoms with Gasteiger partial charge in [-0.1, -0.05) is 6.58 Å². The van der Waals surface area contributed by atoms with Gasteiger partial charge in [0, 0.05) is 7.11 Å². The number of ketones is 1. The van der Waals surface area contributed by atoms with Crippen LogP contribution in [0.1, 0.15) is 34.1 Å². The molecule has 15 heavy (non-hydrogen) atoms. The Balaban J connectivity index is 3.87. The molecule has 0 heterocycles. The third-order valence-electron chi connectivity index (χ3n) is 2.41. The summed E-state index contributed by atoms with van der Waals surface area (Å²) in [6.45, 7) is 11.5. The van der Waals surface area contributed by atoms with Crippen LogP contribution in [0.2, 0.25) is 0 Å². The van der Waals surface area contributed by atoms with Gasteiger partial charge in [-0.05, 0) is 39.7 Å². The average molecular weight is 214 g/mol. The van der Waals surface area contributed by atoms with Gasteiger partial charge >= 0.3 is 0 Å². The summed E-state index contributed by atoms with van der Waals surface area (Å²) in [6.07, 6.45) is 0.354. The molecule has 88 valence electrons. The maximum atomic E-state index is 11.4. The summed E-state index contributed by atoms with van der Waals surface area (Å²) in [5.41, 5.74) is 0.333. The molecule has 0 bridgehead atoms. The van der Waals surface area contributed by atoms with Crippen LogP contribution < -0.4 is 0 Å². The van der Waals surface area contributed by atoms with E-state index in [-0.39, 0.29) is 11.4 Å². The fraction of sp³-hybridized carbons (Fsp3) is 0.750. The van der Waals surface area contributed by atoms with Crippen molar-refractivity contribution in [1.82, 2.24) is 0 Å². The summed E-state index contributed by atoms with van der Waals surface area (Å²) in [5, 5.41) is 0. The predicted molar refractivity (Wildman–Crippen MR) is 60.9 cm³/mol. The lowest BCUT2D eigenvalue weighted by atomic mass is 10.1. The highest BCUT2D eigenvalue weighted by molar-refractivity contribution is 5.97. The van der Waals surface area contributed by atoms with Crippen LogP contribution in [0.5, 0.6) is 0 Å². The highest BCUT2D eigenvalue weighted by Gasteiger charge is 2.18. The number of Topliss-reactive ketones (excluding diaryl/α,β-unsaturated/α-hetero) is 1. The van der Waals surface area contributed by atoms with Crippen LogP contribution in [-0.4, -0.2) is 31.2 Å². The van der Waals surface area contributed by atoms with Gasteiger partial charge in [-0.15, -0.1) is 0 Å². The molecule has 0 saturated carbocycles. The highest BCUT2D eigenvalue weighted by atomic mass is 16.5. The Morgan fingerprint density at radius 2 is 2.00 bits per heavy atom. The third-order valence-corrected chi connectivity index (χ3v) is 2.41. The summed E-state index contributed by atoms with van der Waals surface area (Å²) < 4.78 is 10.7. The molecule has 3 heteroatoms. The van der Waals surface area contributed by atoms with Crippen molar-refractivity contribution in [3.05, 3.63) is 12.2 Å². The average Bonchev–Trinajstić information content (AvgIpc) is 2.16. The summed E-state index contributed by atoms with van der Waals surface area (Å²) >= 11 is 0. The molecular formula is C12H22O3. The standard InChI is InChI=1S/C12H22O3/c1-9(2)11(13)10(3)15-8-7-12(4,5)14-6/h10H,1,7-8H2,2-6H3. The largest absolute Gasteiger partial charge is 0.379 e. The minimum absolute atomic E-state index is 0.0368. The number of rotatable bonds is 7. The molecule has 0 aromatic carbocycles. The molecule has 0 radical (unpaired) electrons. The van der Waals surface area contributed by atoms with Crippen molar-refractivity contribution in [1.29, 1.82) is 0 Å². The Bertz CT molecular complexity index is 231. The summed E-state index contributed by atoms with van der Waals surface area (Å²) in [4.78, 5) is 11.4. The van der Waals surface area contributed by atoms with Gasteiger partial charge in [0.1, 0.15) is 6.10 Å². The first-order valence-electron chi connectivity index (χ1n) is 5.16. The number of methoxy groups -OCH3 is 1. The van der Waals surface area contributed by atoms with Crippen LogP contribution in [0.15, 0.2) is 12.2 Å². The summed E-state index contributed by atoms with van der Waals surface area (Å²) in [6, 6.07) is 0. The molecule has 0 N–H and O–H groups in total. The maximum absolute atomic E-state index is 11.4. The lowest BCUT2D eigenvalue weighted by Crippen LogP contribution is -2.28. The fourth-order valence-corrected chi connectivity index (χ4v) is 1.01. The number of carbonyl (C=O) groups excluding carboxylic acids is 1. The van der Waals surface area contributed by atoms with E-state index in [0.717, 1.165) is 6.42 Å². The topological polar surface area (TPSA) is 35.5 Å². The van der Waals surface area contributed by atoms with Gasteiger partial charge in [0.2, 0.25) is 0 Å². The lowest BCUT2D eigenvalue weighted by molar-refractivity contribution is -0.126. The first-order chi connectivity index (χ1) is 6.80. The number of ether oxygens (including phenoxy) is 2. The predicted octanol–water partition coefficient (Wildman–Crippen LogP) is 2.35. The summed E-state index contributed by atoms with van der Waals surface area (Å²) in [5.74, 6) is -0.0368. The molecule has 0 aromatic heterocycles. The minimum Gasteiger partial charge on any atom is -0.379 e. The molecule has 1 atom stereocenters. The van der Waals surface area contributed by atoms with E-state index in [4.69, 9.17) is 9.47 Å². The smallest absolute Gasteiger partial charge is 0.186 e. The van der Waals surface area contributed by atoms with Crippen LogP contribution in [0, 0.1) is 0 Å². The minimum atomic E-state index is -0.407. The molecule has 0 aliphatic rings. The Morgan fingerprint density at radius 1 is 1.47 bits per heavy atom. The van der Waals surface area contributed by atoms with Gasteiger partial charge in [0.15, 0.2) is 5.78 Å². The van der Waals surface area contributed by atoms with Gasteiger partial charge in [-0.3, -0.25) is 4.79 Å². The second-order valence-electron chi connectivity index (χ2n) is 4.37. The van der Waals surface area contributed by atoms with E-state index in [2.05, 4.69) is 6.58 Å². The van der Waals surface area contributed by atoms with Crippen LogP contribution >= 0.6 is 0 Å². The monoisotopic (exact) mass is 214 g/mol. The van der Waals surface area contributed by atoms with Gasteiger partial charge < -0.3 is 9.47 Å². The molecule has 0 rings (SSSR count). The van der Waals surface area contributed by atoms with Crippen molar-refractivity contribution < 1.29 is 14.3 Å². The Hall–Kier alpha value is -0.670. The number of hydrogen-bond donors (Lipinski definition) is 0. The molecule has 0 aromatic rings. The molecule has 0 aliphatic carbocycles. The van der Waals surface area contributed by atoms with Crippen molar-refractivity contribution >= 4 is 5.78 Å². The van der Waals surface area contributed by atoms with Crippen molar-refractivity contribution in [3.63, 3.8) is 0 Å². The first kappa shape index (κ1) is 14.3. The zero-order chi connectivity index (χ0) is 12.1. The van der Waals surface area contributed by atoms with Gasteiger partial charge in [0.25, 0.3) is 0 Å². The lowest BCUT2D eigenvalue weighted by Gasteiger charge is -2.23. The van der Waals surface area contributed by atoms with E-state index in [1.807, 2.05) is 13.8 Å². The van der Waals surface area contributed by atoms with E-state index in [0.29, 0.717) is 12.2 Å². The van der Waals surface area contributed by atoms with Crippen LogP contribution in [-0.2, 0) is 14.3 Å². The van der Waals surface area contributed by atoms with Gasteiger partial charge in [-0.2, -0.15) is 0 Å². The van der Waals surface area contributed by atoms with Crippen molar-refractivity contribution in [2.45, 2.75) is 45.8 Å². The summed E-state index contributed by atoms with van der Waals surface area (Å²) in [7, 11) is 1.67. The molecule has 0 amide bonds. The molecule has 0 spiro atoms. The van der Waals surface area contributed by atoms with E-state index in [9.17, 15) is 4.79 Å². The number of hydrogen-bond acceptors (Lipinski definition) is 3. The molecule has 0 fully saturated rings. The molecule has 0 aliphatic heterocycles. The van der Waals surface area contributed by atoms with Gasteiger partial charge in [-0.25, -0.2) is 0 Å². The Kier molecular flexibility index (Phi) is 5.76. The third kappa shape index (κ3) is 5.70. The quantitative estimate of drug-likeness (QED) is 0.610. The van der Waals surface area contributed by atoms with Crippen LogP contribution in [0.25, 0.3) is 0 Å². The molecule has 3 nitrogen and oxygen atoms in total. The van der Waals surface area contributed by atoms with Crippen LogP contribution in [0.4, 0.5) is 0 Å². The second-order valence-corrected chi connectivity index (χ2v) is 4.37. The molecule has 1 unspecified atom stereocenters. The van der Waals surface area contributed by atoms with Crippen molar-refractivity contribution in [3.8, 4) is 0 Å². The maximum Gasteiger partial charge on any atom is 0.186 e. The van der Waals surface area contributed by atoms with Crippen LogP contribution in [0.3, 0.4) is 0 Å².